The van der Waals surface area contributed by atoms with Crippen molar-refractivity contribution in [3.8, 4) is 16.9 Å². The Balaban J connectivity index is 2.46. The van der Waals surface area contributed by atoms with Crippen LogP contribution in [0.1, 0.15) is 17.4 Å². The second-order valence-electron chi connectivity index (χ2n) is 4.02. The van der Waals surface area contributed by atoms with E-state index in [1.807, 2.05) is 31.2 Å². The summed E-state index contributed by atoms with van der Waals surface area (Å²) in [5.41, 5.74) is 1.91. The number of nitrogens with zero attached hydrogens (tertiary/aromatic N) is 2. The van der Waals surface area contributed by atoms with Crippen LogP contribution in [0.5, 0.6) is 5.75 Å². The van der Waals surface area contributed by atoms with Gasteiger partial charge < -0.3 is 9.47 Å². The van der Waals surface area contributed by atoms with Crippen LogP contribution in [0.15, 0.2) is 30.5 Å². The van der Waals surface area contributed by atoms with Crippen molar-refractivity contribution in [2.75, 3.05) is 13.7 Å². The van der Waals surface area contributed by atoms with Crippen LogP contribution in [-0.4, -0.2) is 29.5 Å². The summed E-state index contributed by atoms with van der Waals surface area (Å²) in [6.07, 6.45) is 1.79. The number of hydrogen-bond donors (Lipinski definition) is 0. The molecule has 100 valence electrons. The molecule has 0 N–H and O–H groups in total. The summed E-state index contributed by atoms with van der Waals surface area (Å²) < 4.78 is 11.8. The molecular formula is C14H16N2O3. The fraction of sp³-hybridized carbons (Fsp3) is 0.286. The molecule has 0 aliphatic heterocycles. The smallest absolute Gasteiger partial charge is 0.359 e. The maximum absolute atomic E-state index is 11.7. The second kappa shape index (κ2) is 5.56. The first-order valence-electron chi connectivity index (χ1n) is 6.01. The lowest BCUT2D eigenvalue weighted by Crippen LogP contribution is -2.04. The average molecular weight is 260 g/mol. The molecule has 0 bridgehead atoms. The Morgan fingerprint density at radius 3 is 2.89 bits per heavy atom. The molecule has 0 amide bonds. The summed E-state index contributed by atoms with van der Waals surface area (Å²) in [6, 6.07) is 7.55. The van der Waals surface area contributed by atoms with Gasteiger partial charge in [-0.3, -0.25) is 4.68 Å². The number of rotatable bonds is 4. The molecule has 0 fully saturated rings. The Bertz CT molecular complexity index is 590. The lowest BCUT2D eigenvalue weighted by molar-refractivity contribution is 0.0594. The molecule has 0 atom stereocenters. The van der Waals surface area contributed by atoms with E-state index in [0.29, 0.717) is 12.3 Å². The van der Waals surface area contributed by atoms with Crippen LogP contribution < -0.4 is 4.74 Å². The number of esters is 1. The lowest BCUT2D eigenvalue weighted by Gasteiger charge is -2.05. The first kappa shape index (κ1) is 13.1. The van der Waals surface area contributed by atoms with Gasteiger partial charge >= 0.3 is 5.97 Å². The molecule has 0 radical (unpaired) electrons. The van der Waals surface area contributed by atoms with Gasteiger partial charge in [-0.05, 0) is 24.6 Å². The monoisotopic (exact) mass is 260 g/mol. The highest BCUT2D eigenvalue weighted by Gasteiger charge is 2.18. The number of methoxy groups -OCH3 is 1. The highest BCUT2D eigenvalue weighted by Crippen LogP contribution is 2.26. The topological polar surface area (TPSA) is 53.4 Å². The van der Waals surface area contributed by atoms with E-state index in [4.69, 9.17) is 9.47 Å². The largest absolute Gasteiger partial charge is 0.494 e. The molecule has 1 aromatic carbocycles. The minimum Gasteiger partial charge on any atom is -0.494 e. The molecule has 2 aromatic rings. The zero-order chi connectivity index (χ0) is 13.8. The fourth-order valence-electron chi connectivity index (χ4n) is 1.87. The van der Waals surface area contributed by atoms with Crippen LogP contribution in [-0.2, 0) is 11.8 Å². The summed E-state index contributed by atoms with van der Waals surface area (Å²) in [5.74, 6) is 0.317. The first-order valence-corrected chi connectivity index (χ1v) is 6.01. The average Bonchev–Trinajstić information content (AvgIpc) is 2.81. The Kier molecular flexibility index (Phi) is 3.85. The Labute approximate surface area is 111 Å². The molecule has 0 saturated carbocycles. The van der Waals surface area contributed by atoms with Gasteiger partial charge in [0.05, 0.1) is 13.7 Å². The predicted octanol–water partition coefficient (Wildman–Crippen LogP) is 2.27. The summed E-state index contributed by atoms with van der Waals surface area (Å²) >= 11 is 0. The molecule has 5 nitrogen and oxygen atoms in total. The molecule has 0 aliphatic carbocycles. The molecule has 2 rings (SSSR count). The van der Waals surface area contributed by atoms with Crippen molar-refractivity contribution in [1.29, 1.82) is 0 Å². The molecule has 0 saturated heterocycles. The van der Waals surface area contributed by atoms with Crippen molar-refractivity contribution in [2.24, 2.45) is 7.05 Å². The van der Waals surface area contributed by atoms with E-state index in [0.717, 1.165) is 16.9 Å². The van der Waals surface area contributed by atoms with Crippen molar-refractivity contribution in [2.45, 2.75) is 6.92 Å². The van der Waals surface area contributed by atoms with E-state index in [-0.39, 0.29) is 0 Å². The Hall–Kier alpha value is -2.30. The minimum absolute atomic E-state index is 0.304. The molecule has 0 spiro atoms. The van der Waals surface area contributed by atoms with Gasteiger partial charge in [0.2, 0.25) is 0 Å². The third-order valence-corrected chi connectivity index (χ3v) is 2.66. The summed E-state index contributed by atoms with van der Waals surface area (Å²) in [4.78, 5) is 11.7. The first-order chi connectivity index (χ1) is 9.15. The second-order valence-corrected chi connectivity index (χ2v) is 4.02. The SMILES string of the molecule is CCOc1cccc(-c2cn(C)nc2C(=O)OC)c1. The number of carbonyl (C=O) groups is 1. The highest BCUT2D eigenvalue weighted by molar-refractivity contribution is 5.95. The summed E-state index contributed by atoms with van der Waals surface area (Å²) in [6.45, 7) is 2.52. The van der Waals surface area contributed by atoms with Gasteiger partial charge in [0.15, 0.2) is 5.69 Å². The zero-order valence-corrected chi connectivity index (χ0v) is 11.2. The molecule has 19 heavy (non-hydrogen) atoms. The third kappa shape index (κ3) is 2.76. The summed E-state index contributed by atoms with van der Waals surface area (Å²) in [5, 5.41) is 4.13. The van der Waals surface area contributed by atoms with E-state index in [2.05, 4.69) is 5.10 Å². The standard InChI is InChI=1S/C14H16N2O3/c1-4-19-11-7-5-6-10(8-11)12-9-16(2)15-13(12)14(17)18-3/h5-9H,4H2,1-3H3. The van der Waals surface area contributed by atoms with E-state index < -0.39 is 5.97 Å². The molecule has 1 aromatic heterocycles. The van der Waals surface area contributed by atoms with Crippen molar-refractivity contribution < 1.29 is 14.3 Å². The van der Waals surface area contributed by atoms with Crippen molar-refractivity contribution in [3.63, 3.8) is 0 Å². The van der Waals surface area contributed by atoms with Crippen LogP contribution >= 0.6 is 0 Å². The molecule has 0 unspecified atom stereocenters. The number of aromatic nitrogens is 2. The quantitative estimate of drug-likeness (QED) is 0.791. The van der Waals surface area contributed by atoms with E-state index in [1.54, 1.807) is 17.9 Å². The van der Waals surface area contributed by atoms with E-state index in [1.165, 1.54) is 7.11 Å². The van der Waals surface area contributed by atoms with Crippen LogP contribution in [0, 0.1) is 0 Å². The minimum atomic E-state index is -0.447. The van der Waals surface area contributed by atoms with Crippen molar-refractivity contribution in [3.05, 3.63) is 36.2 Å². The van der Waals surface area contributed by atoms with Gasteiger partial charge in [-0.25, -0.2) is 4.79 Å². The van der Waals surface area contributed by atoms with E-state index >= 15 is 0 Å². The number of aryl methyl sites for hydroxylation is 1. The predicted molar refractivity (Wildman–Crippen MR) is 71.2 cm³/mol. The van der Waals surface area contributed by atoms with E-state index in [9.17, 15) is 4.79 Å². The van der Waals surface area contributed by atoms with Gasteiger partial charge in [0.1, 0.15) is 5.75 Å². The number of carbonyl (C=O) groups excluding carboxylic acids is 1. The third-order valence-electron chi connectivity index (χ3n) is 2.66. The van der Waals surface area contributed by atoms with Gasteiger partial charge in [-0.15, -0.1) is 0 Å². The molecule has 1 heterocycles. The Morgan fingerprint density at radius 2 is 2.21 bits per heavy atom. The molecule has 0 aliphatic rings. The molecular weight excluding hydrogens is 244 g/mol. The molecule has 5 heteroatoms. The van der Waals surface area contributed by atoms with Crippen LogP contribution in [0.25, 0.3) is 11.1 Å². The fourth-order valence-corrected chi connectivity index (χ4v) is 1.87. The van der Waals surface area contributed by atoms with Crippen LogP contribution in [0.3, 0.4) is 0 Å². The normalized spacial score (nSPS) is 10.3. The highest BCUT2D eigenvalue weighted by atomic mass is 16.5. The van der Waals surface area contributed by atoms with Crippen LogP contribution in [0.4, 0.5) is 0 Å². The van der Waals surface area contributed by atoms with Gasteiger partial charge in [0, 0.05) is 18.8 Å². The number of ether oxygens (including phenoxy) is 2. The number of benzene rings is 1. The van der Waals surface area contributed by atoms with Crippen molar-refractivity contribution in [1.82, 2.24) is 9.78 Å². The maximum Gasteiger partial charge on any atom is 0.359 e. The lowest BCUT2D eigenvalue weighted by atomic mass is 10.1. The zero-order valence-electron chi connectivity index (χ0n) is 11.2. The van der Waals surface area contributed by atoms with Gasteiger partial charge in [-0.2, -0.15) is 5.10 Å². The van der Waals surface area contributed by atoms with Gasteiger partial charge in [-0.1, -0.05) is 12.1 Å². The summed E-state index contributed by atoms with van der Waals surface area (Å²) in [7, 11) is 3.11. The Morgan fingerprint density at radius 1 is 1.42 bits per heavy atom. The number of hydrogen-bond acceptors (Lipinski definition) is 4. The van der Waals surface area contributed by atoms with Gasteiger partial charge in [0.25, 0.3) is 0 Å². The van der Waals surface area contributed by atoms with Crippen LogP contribution in [0.2, 0.25) is 0 Å². The maximum atomic E-state index is 11.7. The van der Waals surface area contributed by atoms with Crippen molar-refractivity contribution >= 4 is 5.97 Å².